The molecular weight excluding hydrogens is 72.8 g/mol. The maximum absolute atomic E-state index is 11.1. The third-order valence-corrected chi connectivity index (χ3v) is 0. The SMILES string of the molecule is BP(C)F. The second kappa shape index (κ2) is 1.72. The summed E-state index contributed by atoms with van der Waals surface area (Å²) in [4.78, 5) is 0. The first-order chi connectivity index (χ1) is 1.73. The predicted octanol–water partition coefficient (Wildman–Crippen LogP) is 0.531. The maximum atomic E-state index is 11.1. The van der Waals surface area contributed by atoms with Crippen molar-refractivity contribution in [1.29, 1.82) is 0 Å². The molecule has 4 heavy (non-hydrogen) atoms. The van der Waals surface area contributed by atoms with E-state index in [1.165, 1.54) is 0 Å². The molecule has 3 heteroatoms. The van der Waals surface area contributed by atoms with Gasteiger partial charge in [-0.3, -0.25) is 0 Å². The van der Waals surface area contributed by atoms with Crippen molar-refractivity contribution in [2.24, 2.45) is 0 Å². The van der Waals surface area contributed by atoms with Gasteiger partial charge in [0.15, 0.2) is 7.57 Å². The molecule has 1 unspecified atom stereocenters. The molecule has 0 aromatic heterocycles. The lowest BCUT2D eigenvalue weighted by Gasteiger charge is -1.74. The van der Waals surface area contributed by atoms with E-state index >= 15 is 0 Å². The summed E-state index contributed by atoms with van der Waals surface area (Å²) in [6, 6.07) is 0. The van der Waals surface area contributed by atoms with Crippen LogP contribution in [-0.4, -0.2) is 14.2 Å². The molecule has 24 valence electrons. The summed E-state index contributed by atoms with van der Waals surface area (Å²) in [5, 5.41) is 0. The molecule has 0 amide bonds. The summed E-state index contributed by atoms with van der Waals surface area (Å²) < 4.78 is 11.1. The van der Waals surface area contributed by atoms with Gasteiger partial charge in [0.25, 0.3) is 0 Å². The number of rotatable bonds is 0. The molecule has 0 radical (unpaired) electrons. The lowest BCUT2D eigenvalue weighted by molar-refractivity contribution is 0.918. The van der Waals surface area contributed by atoms with E-state index in [0.29, 0.717) is 0 Å². The first kappa shape index (κ1) is 4.42. The molecule has 0 aliphatic heterocycles. The first-order valence-corrected chi connectivity index (χ1v) is 3.19. The zero-order valence-electron chi connectivity index (χ0n) is 2.83. The van der Waals surface area contributed by atoms with E-state index in [0.717, 1.165) is 0 Å². The molecule has 1 atom stereocenters. The van der Waals surface area contributed by atoms with E-state index in [9.17, 15) is 4.20 Å². The highest BCUT2D eigenvalue weighted by molar-refractivity contribution is 7.77. The summed E-state index contributed by atoms with van der Waals surface area (Å²) in [5.74, 6) is 0. The maximum Gasteiger partial charge on any atom is 0.175 e. The average molecular weight is 77.8 g/mol. The van der Waals surface area contributed by atoms with Crippen LogP contribution in [0.2, 0.25) is 0 Å². The highest BCUT2D eigenvalue weighted by Crippen LogP contribution is 2.22. The van der Waals surface area contributed by atoms with Gasteiger partial charge in [-0.1, -0.05) is 0 Å². The highest BCUT2D eigenvalue weighted by atomic mass is 31.2. The zero-order chi connectivity index (χ0) is 3.58. The van der Waals surface area contributed by atoms with Gasteiger partial charge in [-0.15, -0.1) is 0 Å². The number of hydrogen-bond acceptors (Lipinski definition) is 0. The van der Waals surface area contributed by atoms with Crippen molar-refractivity contribution < 1.29 is 4.20 Å². The van der Waals surface area contributed by atoms with Crippen molar-refractivity contribution in [1.82, 2.24) is 0 Å². The molecule has 0 heterocycles. The van der Waals surface area contributed by atoms with Crippen LogP contribution in [-0.2, 0) is 0 Å². The van der Waals surface area contributed by atoms with E-state index in [2.05, 4.69) is 0 Å². The van der Waals surface area contributed by atoms with Crippen molar-refractivity contribution in [3.8, 4) is 0 Å². The fraction of sp³-hybridized carbons (Fsp3) is 1.00. The third-order valence-electron chi connectivity index (χ3n) is 0. The summed E-state index contributed by atoms with van der Waals surface area (Å²) in [6.45, 7) is 1.56. The van der Waals surface area contributed by atoms with E-state index in [-0.39, 0.29) is 0 Å². The smallest absolute Gasteiger partial charge is 0.175 e. The first-order valence-electron chi connectivity index (χ1n) is 1.06. The Labute approximate surface area is 27.6 Å². The normalized spacial score (nSPS) is 15.5. The molecule has 0 N–H and O–H groups in total. The van der Waals surface area contributed by atoms with Gasteiger partial charge in [0.05, 0.1) is 0 Å². The molecule has 0 aromatic carbocycles. The minimum absolute atomic E-state index is 1.12. The van der Waals surface area contributed by atoms with Crippen molar-refractivity contribution in [3.05, 3.63) is 0 Å². The van der Waals surface area contributed by atoms with Gasteiger partial charge in [-0.2, -0.15) is 0 Å². The third kappa shape index (κ3) is 27.3. The molecule has 0 fully saturated rings. The van der Waals surface area contributed by atoms with Crippen LogP contribution in [0.3, 0.4) is 0 Å². The molecule has 0 saturated carbocycles. The second-order valence-corrected chi connectivity index (χ2v) is 2.36. The lowest BCUT2D eigenvalue weighted by Crippen LogP contribution is -1.43. The molecule has 0 spiro atoms. The summed E-state index contributed by atoms with van der Waals surface area (Å²) in [5.41, 5.74) is 0. The average Bonchev–Trinajstić information content (AvgIpc) is 0.811. The highest BCUT2D eigenvalue weighted by Gasteiger charge is 1.74. The summed E-state index contributed by atoms with van der Waals surface area (Å²) >= 11 is 0. The van der Waals surface area contributed by atoms with Crippen LogP contribution < -0.4 is 0 Å². The molecular formula is CH5BFP. The van der Waals surface area contributed by atoms with Gasteiger partial charge in [0.2, 0.25) is 0 Å². The standard InChI is InChI=1S/CH5BFP/c1-4(2)3/h2H2,1H3. The minimum Gasteiger partial charge on any atom is -0.239 e. The second-order valence-electron chi connectivity index (χ2n) is 0.785. The monoisotopic (exact) mass is 78.0 g/mol. The van der Waals surface area contributed by atoms with Crippen LogP contribution in [0.15, 0.2) is 0 Å². The van der Waals surface area contributed by atoms with Crippen LogP contribution in [0.1, 0.15) is 0 Å². The minimum atomic E-state index is -1.12. The van der Waals surface area contributed by atoms with Crippen molar-refractivity contribution >= 4 is 15.7 Å². The fourth-order valence-corrected chi connectivity index (χ4v) is 0. The van der Waals surface area contributed by atoms with E-state index in [1.54, 1.807) is 14.2 Å². The van der Waals surface area contributed by atoms with Gasteiger partial charge in [0.1, 0.15) is 0 Å². The predicted molar refractivity (Wildman–Crippen MR) is 22.5 cm³/mol. The van der Waals surface area contributed by atoms with Gasteiger partial charge in [-0.05, 0) is 6.66 Å². The Balaban J connectivity index is 2.32. The quantitative estimate of drug-likeness (QED) is 0.293. The van der Waals surface area contributed by atoms with Gasteiger partial charge >= 0.3 is 0 Å². The Hall–Kier alpha value is 0.425. The summed E-state index contributed by atoms with van der Waals surface area (Å²) in [7, 11) is 0.444. The topological polar surface area (TPSA) is 0 Å². The molecule has 0 nitrogen and oxygen atoms in total. The van der Waals surface area contributed by atoms with Gasteiger partial charge < -0.3 is 0 Å². The van der Waals surface area contributed by atoms with E-state index in [1.807, 2.05) is 0 Å². The van der Waals surface area contributed by atoms with Crippen LogP contribution in [0.25, 0.3) is 0 Å². The number of halogens is 1. The number of hydrogen-bond donors (Lipinski definition) is 0. The van der Waals surface area contributed by atoms with Crippen molar-refractivity contribution in [3.63, 3.8) is 0 Å². The van der Waals surface area contributed by atoms with Crippen LogP contribution >= 0.6 is 8.11 Å². The molecule has 0 saturated heterocycles. The molecule has 0 aliphatic rings. The molecule has 0 aromatic rings. The van der Waals surface area contributed by atoms with Crippen molar-refractivity contribution in [2.75, 3.05) is 6.66 Å². The summed E-state index contributed by atoms with van der Waals surface area (Å²) in [6.07, 6.45) is 0. The van der Waals surface area contributed by atoms with E-state index < -0.39 is 8.11 Å². The van der Waals surface area contributed by atoms with Crippen LogP contribution in [0.5, 0.6) is 0 Å². The van der Waals surface area contributed by atoms with Gasteiger partial charge in [0, 0.05) is 8.11 Å². The lowest BCUT2D eigenvalue weighted by atomic mass is 10.8. The molecule has 0 bridgehead atoms. The Kier molecular flexibility index (Phi) is 1.90. The van der Waals surface area contributed by atoms with Gasteiger partial charge in [-0.25, -0.2) is 4.20 Å². The Morgan fingerprint density at radius 1 is 2.00 bits per heavy atom. The largest absolute Gasteiger partial charge is 0.239 e. The molecule has 0 rings (SSSR count). The Morgan fingerprint density at radius 3 is 2.00 bits per heavy atom. The van der Waals surface area contributed by atoms with Crippen molar-refractivity contribution in [2.45, 2.75) is 0 Å². The molecule has 0 aliphatic carbocycles. The van der Waals surface area contributed by atoms with Crippen LogP contribution in [0, 0.1) is 0 Å². The Morgan fingerprint density at radius 2 is 2.00 bits per heavy atom. The zero-order valence-corrected chi connectivity index (χ0v) is 3.72. The van der Waals surface area contributed by atoms with E-state index in [4.69, 9.17) is 0 Å². The Bertz CT molecular complexity index is 12.8. The van der Waals surface area contributed by atoms with Crippen LogP contribution in [0.4, 0.5) is 4.20 Å². The fourth-order valence-electron chi connectivity index (χ4n) is 0.